The van der Waals surface area contributed by atoms with E-state index in [4.69, 9.17) is 4.74 Å². The number of halogens is 1. The van der Waals surface area contributed by atoms with E-state index in [-0.39, 0.29) is 5.75 Å². The van der Waals surface area contributed by atoms with Gasteiger partial charge in [-0.3, -0.25) is 0 Å². The van der Waals surface area contributed by atoms with E-state index in [0.29, 0.717) is 22.2 Å². The molecule has 0 heterocycles. The van der Waals surface area contributed by atoms with E-state index in [1.165, 1.54) is 0 Å². The van der Waals surface area contributed by atoms with Crippen molar-refractivity contribution in [2.75, 3.05) is 27.7 Å². The topological polar surface area (TPSA) is 44.7 Å². The lowest BCUT2D eigenvalue weighted by Crippen LogP contribution is -2.41. The standard InChI is InChI=1S/C15H25BrN2O2/c1-10(2)13(18(3)4)9-17-8-11-6-12(16)15(19)14(7-11)20-5/h6-7,10,13,17,19H,8-9H2,1-5H3. The van der Waals surface area contributed by atoms with E-state index in [0.717, 1.165) is 18.7 Å². The maximum atomic E-state index is 9.78. The molecule has 1 aromatic rings. The molecule has 0 saturated heterocycles. The highest BCUT2D eigenvalue weighted by Gasteiger charge is 2.15. The van der Waals surface area contributed by atoms with Crippen LogP contribution < -0.4 is 10.1 Å². The van der Waals surface area contributed by atoms with E-state index in [1.807, 2.05) is 12.1 Å². The largest absolute Gasteiger partial charge is 0.503 e. The number of nitrogens with zero attached hydrogens (tertiary/aromatic N) is 1. The van der Waals surface area contributed by atoms with Crippen molar-refractivity contribution in [1.82, 2.24) is 10.2 Å². The average molecular weight is 345 g/mol. The summed E-state index contributed by atoms with van der Waals surface area (Å²) < 4.78 is 5.81. The fourth-order valence-corrected chi connectivity index (χ4v) is 2.75. The Bertz CT molecular complexity index is 428. The van der Waals surface area contributed by atoms with Crippen LogP contribution in [0.4, 0.5) is 0 Å². The summed E-state index contributed by atoms with van der Waals surface area (Å²) in [5.74, 6) is 1.23. The lowest BCUT2D eigenvalue weighted by molar-refractivity contribution is 0.224. The molecule has 0 amide bonds. The Hall–Kier alpha value is -0.780. The van der Waals surface area contributed by atoms with E-state index < -0.39 is 0 Å². The number of benzene rings is 1. The van der Waals surface area contributed by atoms with Gasteiger partial charge < -0.3 is 20.1 Å². The Kier molecular flexibility index (Phi) is 6.79. The molecule has 2 N–H and O–H groups in total. The Morgan fingerprint density at radius 2 is 2.00 bits per heavy atom. The number of hydrogen-bond acceptors (Lipinski definition) is 4. The number of ether oxygens (including phenoxy) is 1. The van der Waals surface area contributed by atoms with Gasteiger partial charge in [-0.2, -0.15) is 0 Å². The molecule has 0 aliphatic heterocycles. The maximum absolute atomic E-state index is 9.78. The third-order valence-electron chi connectivity index (χ3n) is 3.42. The van der Waals surface area contributed by atoms with Gasteiger partial charge in [0.25, 0.3) is 0 Å². The number of aromatic hydroxyl groups is 1. The van der Waals surface area contributed by atoms with Gasteiger partial charge in [0.1, 0.15) is 0 Å². The Morgan fingerprint density at radius 3 is 2.50 bits per heavy atom. The average Bonchev–Trinajstić information content (AvgIpc) is 2.37. The van der Waals surface area contributed by atoms with Gasteiger partial charge in [0, 0.05) is 19.1 Å². The highest BCUT2D eigenvalue weighted by atomic mass is 79.9. The smallest absolute Gasteiger partial charge is 0.172 e. The first kappa shape index (κ1) is 17.3. The normalized spacial score (nSPS) is 13.0. The molecule has 0 aromatic heterocycles. The summed E-state index contributed by atoms with van der Waals surface area (Å²) in [5, 5.41) is 13.2. The lowest BCUT2D eigenvalue weighted by Gasteiger charge is -2.28. The number of hydrogen-bond donors (Lipinski definition) is 2. The summed E-state index contributed by atoms with van der Waals surface area (Å²) in [4.78, 5) is 2.24. The zero-order valence-corrected chi connectivity index (χ0v) is 14.5. The van der Waals surface area contributed by atoms with Crippen LogP contribution in [0.5, 0.6) is 11.5 Å². The molecular weight excluding hydrogens is 320 g/mol. The van der Waals surface area contributed by atoms with Gasteiger partial charge in [0.05, 0.1) is 11.6 Å². The fraction of sp³-hybridized carbons (Fsp3) is 0.600. The summed E-state index contributed by atoms with van der Waals surface area (Å²) >= 11 is 3.34. The first-order chi connectivity index (χ1) is 9.36. The van der Waals surface area contributed by atoms with E-state index in [9.17, 15) is 5.11 Å². The van der Waals surface area contributed by atoms with Gasteiger partial charge in [0.15, 0.2) is 11.5 Å². The van der Waals surface area contributed by atoms with Crippen molar-refractivity contribution < 1.29 is 9.84 Å². The molecule has 20 heavy (non-hydrogen) atoms. The van der Waals surface area contributed by atoms with Crippen LogP contribution in [-0.2, 0) is 6.54 Å². The minimum atomic E-state index is 0.143. The van der Waals surface area contributed by atoms with Crippen molar-refractivity contribution in [3.05, 3.63) is 22.2 Å². The SMILES string of the molecule is COc1cc(CNCC(C(C)C)N(C)C)cc(Br)c1O. The number of nitrogens with one attached hydrogen (secondary N) is 1. The van der Waals surface area contributed by atoms with Crippen molar-refractivity contribution in [3.63, 3.8) is 0 Å². The number of phenols is 1. The Balaban J connectivity index is 2.64. The molecule has 5 heteroatoms. The van der Waals surface area contributed by atoms with E-state index in [1.54, 1.807) is 7.11 Å². The number of rotatable bonds is 7. The zero-order valence-electron chi connectivity index (χ0n) is 12.9. The molecule has 0 radical (unpaired) electrons. The van der Waals surface area contributed by atoms with Crippen molar-refractivity contribution in [3.8, 4) is 11.5 Å². The highest BCUT2D eigenvalue weighted by molar-refractivity contribution is 9.10. The van der Waals surface area contributed by atoms with Crippen molar-refractivity contribution in [2.45, 2.75) is 26.4 Å². The summed E-state index contributed by atoms with van der Waals surface area (Å²) in [6.07, 6.45) is 0. The van der Waals surface area contributed by atoms with Crippen molar-refractivity contribution in [1.29, 1.82) is 0 Å². The van der Waals surface area contributed by atoms with Crippen LogP contribution in [0, 0.1) is 5.92 Å². The van der Waals surface area contributed by atoms with Crippen LogP contribution in [0.2, 0.25) is 0 Å². The molecule has 114 valence electrons. The van der Waals surface area contributed by atoms with Crippen LogP contribution in [0.15, 0.2) is 16.6 Å². The highest BCUT2D eigenvalue weighted by Crippen LogP contribution is 2.35. The van der Waals surface area contributed by atoms with Crippen LogP contribution in [0.1, 0.15) is 19.4 Å². The first-order valence-corrected chi connectivity index (χ1v) is 7.58. The summed E-state index contributed by atoms with van der Waals surface area (Å²) in [7, 11) is 5.76. The molecule has 0 fully saturated rings. The molecule has 0 spiro atoms. The molecule has 0 aliphatic carbocycles. The van der Waals surface area contributed by atoms with Gasteiger partial charge in [-0.05, 0) is 53.6 Å². The minimum Gasteiger partial charge on any atom is -0.503 e. The van der Waals surface area contributed by atoms with Crippen molar-refractivity contribution >= 4 is 15.9 Å². The van der Waals surface area contributed by atoms with Gasteiger partial charge in [-0.1, -0.05) is 13.8 Å². The second kappa shape index (κ2) is 7.86. The summed E-state index contributed by atoms with van der Waals surface area (Å²) in [6, 6.07) is 4.26. The molecule has 1 atom stereocenters. The number of phenolic OH excluding ortho intramolecular Hbond substituents is 1. The monoisotopic (exact) mass is 344 g/mol. The third-order valence-corrected chi connectivity index (χ3v) is 4.03. The van der Waals surface area contributed by atoms with Gasteiger partial charge in [-0.15, -0.1) is 0 Å². The molecule has 0 saturated carbocycles. The van der Waals surface area contributed by atoms with E-state index >= 15 is 0 Å². The number of methoxy groups -OCH3 is 1. The second-order valence-corrected chi connectivity index (χ2v) is 6.39. The molecule has 0 aliphatic rings. The predicted molar refractivity (Wildman–Crippen MR) is 86.4 cm³/mol. The lowest BCUT2D eigenvalue weighted by atomic mass is 10.0. The Morgan fingerprint density at radius 1 is 1.35 bits per heavy atom. The Labute approximate surface area is 130 Å². The fourth-order valence-electron chi connectivity index (χ4n) is 2.26. The van der Waals surface area contributed by atoms with Gasteiger partial charge >= 0.3 is 0 Å². The number of likely N-dealkylation sites (N-methyl/N-ethyl adjacent to an activating group) is 1. The van der Waals surface area contributed by atoms with E-state index in [2.05, 4.69) is 54.1 Å². The van der Waals surface area contributed by atoms with Crippen LogP contribution in [0.3, 0.4) is 0 Å². The van der Waals surface area contributed by atoms with Crippen molar-refractivity contribution in [2.24, 2.45) is 5.92 Å². The quantitative estimate of drug-likeness (QED) is 0.798. The third kappa shape index (κ3) is 4.65. The van der Waals surface area contributed by atoms with Gasteiger partial charge in [-0.25, -0.2) is 0 Å². The molecule has 4 nitrogen and oxygen atoms in total. The maximum Gasteiger partial charge on any atom is 0.172 e. The molecule has 1 rings (SSSR count). The predicted octanol–water partition coefficient (Wildman–Crippen LogP) is 2.84. The molecular formula is C15H25BrN2O2. The summed E-state index contributed by atoms with van der Waals surface area (Å²) in [6.45, 7) is 6.12. The van der Waals surface area contributed by atoms with Crippen LogP contribution in [-0.4, -0.2) is 43.8 Å². The zero-order chi connectivity index (χ0) is 15.3. The first-order valence-electron chi connectivity index (χ1n) is 6.79. The molecule has 1 unspecified atom stereocenters. The van der Waals surface area contributed by atoms with Gasteiger partial charge in [0.2, 0.25) is 0 Å². The second-order valence-electron chi connectivity index (χ2n) is 5.53. The molecule has 0 bridgehead atoms. The summed E-state index contributed by atoms with van der Waals surface area (Å²) in [5.41, 5.74) is 1.08. The van der Waals surface area contributed by atoms with Crippen LogP contribution in [0.25, 0.3) is 0 Å². The molecule has 1 aromatic carbocycles. The minimum absolute atomic E-state index is 0.143. The van der Waals surface area contributed by atoms with Crippen LogP contribution >= 0.6 is 15.9 Å².